The van der Waals surface area contributed by atoms with Crippen molar-refractivity contribution in [1.29, 1.82) is 0 Å². The molecule has 30 heavy (non-hydrogen) atoms. The summed E-state index contributed by atoms with van der Waals surface area (Å²) >= 11 is 0. The fourth-order valence-corrected chi connectivity index (χ4v) is 2.67. The zero-order chi connectivity index (χ0) is 21.1. The zero-order valence-corrected chi connectivity index (χ0v) is 20.0. The minimum atomic E-state index is -0.591. The average Bonchev–Trinajstić information content (AvgIpc) is 3.18. The third-order valence-corrected chi connectivity index (χ3v) is 3.96. The lowest BCUT2D eigenvalue weighted by Gasteiger charge is -2.14. The lowest BCUT2D eigenvalue weighted by Crippen LogP contribution is -2.38. The van der Waals surface area contributed by atoms with E-state index in [0.717, 1.165) is 30.0 Å². The van der Waals surface area contributed by atoms with Gasteiger partial charge < -0.3 is 30.3 Å². The summed E-state index contributed by atoms with van der Waals surface area (Å²) in [6, 6.07) is 9.23. The van der Waals surface area contributed by atoms with Crippen molar-refractivity contribution in [3.63, 3.8) is 0 Å². The first kappa shape index (κ1) is 25.6. The van der Waals surface area contributed by atoms with Gasteiger partial charge in [0.05, 0.1) is 13.2 Å². The maximum absolute atomic E-state index is 11.1. The topological polar surface area (TPSA) is 111 Å². The number of amides is 1. The summed E-state index contributed by atoms with van der Waals surface area (Å²) in [4.78, 5) is 15.6. The van der Waals surface area contributed by atoms with Crippen molar-refractivity contribution in [2.75, 3.05) is 26.3 Å². The Labute approximate surface area is 194 Å². The van der Waals surface area contributed by atoms with Gasteiger partial charge in [-0.1, -0.05) is 6.07 Å². The molecule has 1 heterocycles. The number of rotatable bonds is 11. The molecule has 166 valence electrons. The molecular formula is C21H31IN4O4. The SMILES string of the molecule is CCNC(=NCc1ccc(C(N)=O)o1)NCCc1ccc(OCC)c(OCC)c1.I. The van der Waals surface area contributed by atoms with Crippen LogP contribution in [0.1, 0.15) is 42.6 Å². The molecule has 0 atom stereocenters. The number of carbonyl (C=O) groups excluding carboxylic acids is 1. The molecule has 0 aliphatic rings. The molecule has 1 aromatic heterocycles. The Morgan fingerprint density at radius 3 is 2.43 bits per heavy atom. The van der Waals surface area contributed by atoms with Gasteiger partial charge in [0.25, 0.3) is 5.91 Å². The molecule has 9 heteroatoms. The van der Waals surface area contributed by atoms with Gasteiger partial charge in [0, 0.05) is 13.1 Å². The van der Waals surface area contributed by atoms with E-state index >= 15 is 0 Å². The van der Waals surface area contributed by atoms with Crippen LogP contribution >= 0.6 is 24.0 Å². The monoisotopic (exact) mass is 530 g/mol. The Morgan fingerprint density at radius 1 is 1.07 bits per heavy atom. The van der Waals surface area contributed by atoms with E-state index in [4.69, 9.17) is 19.6 Å². The van der Waals surface area contributed by atoms with Crippen LogP contribution in [-0.2, 0) is 13.0 Å². The fraction of sp³-hybridized carbons (Fsp3) is 0.429. The number of primary amides is 1. The Bertz CT molecular complexity index is 823. The normalized spacial score (nSPS) is 10.8. The van der Waals surface area contributed by atoms with Crippen LogP contribution in [0.2, 0.25) is 0 Å². The second-order valence-electron chi connectivity index (χ2n) is 6.15. The molecule has 2 aromatic rings. The number of nitrogens with zero attached hydrogens (tertiary/aromatic N) is 1. The largest absolute Gasteiger partial charge is 0.490 e. The van der Waals surface area contributed by atoms with Gasteiger partial charge in [-0.3, -0.25) is 4.79 Å². The standard InChI is InChI=1S/C21H30N4O4.HI/c1-4-23-21(25-14-16-8-10-18(29-16)20(22)26)24-12-11-15-7-9-17(27-5-2)19(13-15)28-6-3;/h7-10,13H,4-6,11-12,14H2,1-3H3,(H2,22,26)(H2,23,24,25);1H. The van der Waals surface area contributed by atoms with Gasteiger partial charge in [-0.05, 0) is 57.0 Å². The smallest absolute Gasteiger partial charge is 0.284 e. The molecule has 0 aliphatic heterocycles. The number of guanidine groups is 1. The summed E-state index contributed by atoms with van der Waals surface area (Å²) in [5.41, 5.74) is 6.33. The predicted octanol–water partition coefficient (Wildman–Crippen LogP) is 3.09. The van der Waals surface area contributed by atoms with E-state index in [1.54, 1.807) is 12.1 Å². The number of hydrogen-bond acceptors (Lipinski definition) is 5. The minimum absolute atomic E-state index is 0. The minimum Gasteiger partial charge on any atom is -0.490 e. The molecule has 0 saturated carbocycles. The average molecular weight is 530 g/mol. The van der Waals surface area contributed by atoms with Gasteiger partial charge in [0.1, 0.15) is 12.3 Å². The van der Waals surface area contributed by atoms with Crippen LogP contribution in [-0.4, -0.2) is 38.2 Å². The third-order valence-electron chi connectivity index (χ3n) is 3.96. The predicted molar refractivity (Wildman–Crippen MR) is 128 cm³/mol. The molecule has 0 unspecified atom stereocenters. The number of nitrogens with two attached hydrogens (primary N) is 1. The number of halogens is 1. The number of nitrogens with one attached hydrogen (secondary N) is 2. The lowest BCUT2D eigenvalue weighted by atomic mass is 10.1. The van der Waals surface area contributed by atoms with Crippen molar-refractivity contribution < 1.29 is 18.7 Å². The molecule has 0 spiro atoms. The van der Waals surface area contributed by atoms with Crippen molar-refractivity contribution in [1.82, 2.24) is 10.6 Å². The Morgan fingerprint density at radius 2 is 1.80 bits per heavy atom. The van der Waals surface area contributed by atoms with E-state index in [2.05, 4.69) is 15.6 Å². The zero-order valence-electron chi connectivity index (χ0n) is 17.7. The number of benzene rings is 1. The van der Waals surface area contributed by atoms with Crippen LogP contribution in [0.25, 0.3) is 0 Å². The summed E-state index contributed by atoms with van der Waals surface area (Å²) in [6.07, 6.45) is 0.795. The summed E-state index contributed by atoms with van der Waals surface area (Å²) in [6.45, 7) is 8.81. The highest BCUT2D eigenvalue weighted by molar-refractivity contribution is 14.0. The first-order chi connectivity index (χ1) is 14.1. The number of aliphatic imine (C=N–C) groups is 1. The van der Waals surface area contributed by atoms with Crippen molar-refractivity contribution in [3.05, 3.63) is 47.4 Å². The molecule has 2 rings (SSSR count). The highest BCUT2D eigenvalue weighted by Crippen LogP contribution is 2.28. The number of ether oxygens (including phenoxy) is 2. The second kappa shape index (κ2) is 13.7. The van der Waals surface area contributed by atoms with Crippen LogP contribution in [0, 0.1) is 0 Å². The number of carbonyl (C=O) groups is 1. The van der Waals surface area contributed by atoms with Crippen LogP contribution in [0.15, 0.2) is 39.7 Å². The fourth-order valence-electron chi connectivity index (χ4n) is 2.67. The molecule has 0 radical (unpaired) electrons. The maximum Gasteiger partial charge on any atom is 0.284 e. The number of furan rings is 1. The van der Waals surface area contributed by atoms with Gasteiger partial charge >= 0.3 is 0 Å². The van der Waals surface area contributed by atoms with Crippen LogP contribution < -0.4 is 25.8 Å². The summed E-state index contributed by atoms with van der Waals surface area (Å²) < 4.78 is 16.6. The molecule has 1 aromatic carbocycles. The van der Waals surface area contributed by atoms with Crippen molar-refractivity contribution in [3.8, 4) is 11.5 Å². The van der Waals surface area contributed by atoms with E-state index in [1.807, 2.05) is 39.0 Å². The molecule has 0 saturated heterocycles. The molecule has 4 N–H and O–H groups in total. The quantitative estimate of drug-likeness (QED) is 0.234. The van der Waals surface area contributed by atoms with Crippen LogP contribution in [0.4, 0.5) is 0 Å². The van der Waals surface area contributed by atoms with Gasteiger partial charge in [-0.15, -0.1) is 24.0 Å². The summed E-state index contributed by atoms with van der Waals surface area (Å²) in [5.74, 6) is 2.30. The van der Waals surface area contributed by atoms with Crippen LogP contribution in [0.3, 0.4) is 0 Å². The van der Waals surface area contributed by atoms with Crippen molar-refractivity contribution >= 4 is 35.8 Å². The Hall–Kier alpha value is -2.43. The van der Waals surface area contributed by atoms with Gasteiger partial charge in [0.15, 0.2) is 23.2 Å². The Balaban J connectivity index is 0.00000450. The first-order valence-corrected chi connectivity index (χ1v) is 9.86. The van der Waals surface area contributed by atoms with E-state index in [1.165, 1.54) is 0 Å². The molecule has 0 bridgehead atoms. The van der Waals surface area contributed by atoms with Crippen molar-refractivity contribution in [2.45, 2.75) is 33.7 Å². The molecule has 1 amide bonds. The highest BCUT2D eigenvalue weighted by Gasteiger charge is 2.08. The van der Waals surface area contributed by atoms with Crippen LogP contribution in [0.5, 0.6) is 11.5 Å². The summed E-state index contributed by atoms with van der Waals surface area (Å²) in [7, 11) is 0. The van der Waals surface area contributed by atoms with Gasteiger partial charge in [0.2, 0.25) is 0 Å². The highest BCUT2D eigenvalue weighted by atomic mass is 127. The molecular weight excluding hydrogens is 499 g/mol. The van der Waals surface area contributed by atoms with E-state index in [-0.39, 0.29) is 29.7 Å². The lowest BCUT2D eigenvalue weighted by molar-refractivity contribution is 0.0972. The maximum atomic E-state index is 11.1. The summed E-state index contributed by atoms with van der Waals surface area (Å²) in [5, 5.41) is 6.48. The molecule has 0 fully saturated rings. The van der Waals surface area contributed by atoms with Gasteiger partial charge in [-0.2, -0.15) is 0 Å². The van der Waals surface area contributed by atoms with Gasteiger partial charge in [-0.25, -0.2) is 4.99 Å². The van der Waals surface area contributed by atoms with E-state index in [9.17, 15) is 4.79 Å². The first-order valence-electron chi connectivity index (χ1n) is 9.86. The van der Waals surface area contributed by atoms with Crippen molar-refractivity contribution in [2.24, 2.45) is 10.7 Å². The Kier molecular flexibility index (Phi) is 11.7. The van der Waals surface area contributed by atoms with E-state index < -0.39 is 5.91 Å². The van der Waals surface area contributed by atoms with E-state index in [0.29, 0.717) is 38.0 Å². The second-order valence-corrected chi connectivity index (χ2v) is 6.15. The third kappa shape index (κ3) is 8.13. The number of hydrogen-bond donors (Lipinski definition) is 3. The molecule has 0 aliphatic carbocycles. The molecule has 8 nitrogen and oxygen atoms in total.